The Balaban J connectivity index is 1.40. The summed E-state index contributed by atoms with van der Waals surface area (Å²) in [5, 5.41) is 5.49. The van der Waals surface area contributed by atoms with Crippen molar-refractivity contribution in [1.29, 1.82) is 0 Å². The van der Waals surface area contributed by atoms with Gasteiger partial charge in [-0.2, -0.15) is 0 Å². The molecule has 4 aromatic carbocycles. The summed E-state index contributed by atoms with van der Waals surface area (Å²) in [4.78, 5) is 9.92. The van der Waals surface area contributed by atoms with Gasteiger partial charge in [-0.05, 0) is 60.3 Å². The van der Waals surface area contributed by atoms with Crippen molar-refractivity contribution in [3.63, 3.8) is 0 Å². The van der Waals surface area contributed by atoms with Gasteiger partial charge in [-0.15, -0.1) is 0 Å². The first-order valence-corrected chi connectivity index (χ1v) is 16.6. The minimum absolute atomic E-state index is 0.596. The van der Waals surface area contributed by atoms with Crippen molar-refractivity contribution >= 4 is 37.1 Å². The number of rotatable bonds is 9. The van der Waals surface area contributed by atoms with Crippen molar-refractivity contribution in [3.05, 3.63) is 169 Å². The summed E-state index contributed by atoms with van der Waals surface area (Å²) in [6.45, 7) is 0. The minimum Gasteiger partial charge on any atom is -0.254 e. The first kappa shape index (κ1) is 26.3. The van der Waals surface area contributed by atoms with Crippen LogP contribution in [0.25, 0.3) is 11.4 Å². The van der Waals surface area contributed by atoms with Crippen LogP contribution in [0.2, 0.25) is 0 Å². The Bertz CT molecular complexity index is 1440. The molecule has 0 fully saturated rings. The Hall–Kier alpha value is -3.96. The third-order valence-electron chi connectivity index (χ3n) is 6.94. The number of aromatic nitrogens is 2. The smallest absolute Gasteiger partial charge is 0.0924 e. The van der Waals surface area contributed by atoms with Gasteiger partial charge in [-0.3, -0.25) is 9.97 Å². The second kappa shape index (κ2) is 12.9. The first-order chi connectivity index (χ1) is 19.9. The molecule has 0 unspecified atom stereocenters. The normalized spacial score (nSPS) is 11.2. The Labute approximate surface area is 239 Å². The average Bonchev–Trinajstić information content (AvgIpc) is 3.04. The molecule has 0 aliphatic heterocycles. The van der Waals surface area contributed by atoms with Crippen LogP contribution in [-0.2, 0) is 12.3 Å². The van der Waals surface area contributed by atoms with Crippen LogP contribution in [0.4, 0.5) is 0 Å². The van der Waals surface area contributed by atoms with Gasteiger partial charge in [-0.1, -0.05) is 133 Å². The highest BCUT2D eigenvalue weighted by Gasteiger charge is 2.21. The molecule has 0 spiro atoms. The maximum atomic E-state index is 4.96. The monoisotopic (exact) mass is 552 g/mol. The van der Waals surface area contributed by atoms with Crippen LogP contribution in [0, 0.1) is 0 Å². The van der Waals surface area contributed by atoms with Crippen LogP contribution < -0.4 is 21.2 Å². The Morgan fingerprint density at radius 3 is 0.950 bits per heavy atom. The lowest BCUT2D eigenvalue weighted by Crippen LogP contribution is -2.14. The van der Waals surface area contributed by atoms with E-state index < -0.39 is 15.8 Å². The molecule has 4 heteroatoms. The summed E-state index contributed by atoms with van der Waals surface area (Å²) < 4.78 is 0. The molecule has 0 N–H and O–H groups in total. The van der Waals surface area contributed by atoms with Crippen molar-refractivity contribution in [3.8, 4) is 11.4 Å². The molecular weight excluding hydrogens is 522 g/mol. The molecule has 194 valence electrons. The van der Waals surface area contributed by atoms with Gasteiger partial charge in [0.1, 0.15) is 0 Å². The molecule has 2 nitrogen and oxygen atoms in total. The molecule has 0 aliphatic carbocycles. The van der Waals surface area contributed by atoms with Gasteiger partial charge in [0.15, 0.2) is 0 Å². The van der Waals surface area contributed by atoms with Crippen LogP contribution in [-0.4, -0.2) is 9.97 Å². The van der Waals surface area contributed by atoms with Gasteiger partial charge < -0.3 is 0 Å². The molecule has 0 atom stereocenters. The zero-order valence-corrected chi connectivity index (χ0v) is 24.0. The number of pyridine rings is 2. The fourth-order valence-corrected chi connectivity index (χ4v) is 9.64. The molecule has 6 rings (SSSR count). The van der Waals surface area contributed by atoms with Gasteiger partial charge in [0.2, 0.25) is 0 Å². The van der Waals surface area contributed by atoms with E-state index >= 15 is 0 Å². The highest BCUT2D eigenvalue weighted by Crippen LogP contribution is 2.43. The largest absolute Gasteiger partial charge is 0.254 e. The number of hydrogen-bond acceptors (Lipinski definition) is 2. The van der Waals surface area contributed by atoms with Gasteiger partial charge in [0, 0.05) is 24.7 Å². The zero-order chi connectivity index (χ0) is 27.0. The van der Waals surface area contributed by atoms with Crippen molar-refractivity contribution in [2.45, 2.75) is 12.3 Å². The highest BCUT2D eigenvalue weighted by atomic mass is 31.1. The minimum atomic E-state index is -0.596. The number of hydrogen-bond donors (Lipinski definition) is 0. The molecule has 0 radical (unpaired) electrons. The fraction of sp³-hybridized carbons (Fsp3) is 0.0556. The van der Waals surface area contributed by atoms with Crippen molar-refractivity contribution < 1.29 is 0 Å². The Kier molecular flexibility index (Phi) is 8.49. The summed E-state index contributed by atoms with van der Waals surface area (Å²) in [5.74, 6) is 0. The second-order valence-electron chi connectivity index (χ2n) is 9.54. The van der Waals surface area contributed by atoms with Crippen LogP contribution in [0.1, 0.15) is 11.1 Å². The maximum Gasteiger partial charge on any atom is 0.0924 e. The maximum absolute atomic E-state index is 4.96. The molecule has 0 aliphatic rings. The second-order valence-corrected chi connectivity index (χ2v) is 13.9. The van der Waals surface area contributed by atoms with E-state index in [0.29, 0.717) is 0 Å². The fourth-order valence-electron chi connectivity index (χ4n) is 4.99. The van der Waals surface area contributed by atoms with Crippen LogP contribution >= 0.6 is 15.8 Å². The van der Waals surface area contributed by atoms with Gasteiger partial charge in [0.05, 0.1) is 11.4 Å². The standard InChI is InChI=1S/C36H30N2P2/c1-5-17-31(18-6-1)39(32-19-7-2-8-20-32)27-29-15-13-25-37-35(29)36-30(16-14-26-38-36)28-40(33-21-9-3-10-22-33)34-23-11-4-12-24-34/h1-26H,27-28H2. The lowest BCUT2D eigenvalue weighted by molar-refractivity contribution is 1.17. The molecule has 0 amide bonds. The summed E-state index contributed by atoms with van der Waals surface area (Å²) in [6, 6.07) is 52.2. The van der Waals surface area contributed by atoms with Crippen LogP contribution in [0.15, 0.2) is 158 Å². The third kappa shape index (κ3) is 6.10. The van der Waals surface area contributed by atoms with Gasteiger partial charge in [-0.25, -0.2) is 0 Å². The van der Waals surface area contributed by atoms with E-state index in [0.717, 1.165) is 23.7 Å². The highest BCUT2D eigenvalue weighted by molar-refractivity contribution is 7.72. The zero-order valence-electron chi connectivity index (χ0n) is 22.2. The summed E-state index contributed by atoms with van der Waals surface area (Å²) in [6.07, 6.45) is 5.63. The predicted molar refractivity (Wildman–Crippen MR) is 173 cm³/mol. The molecular formula is C36H30N2P2. The topological polar surface area (TPSA) is 25.8 Å². The Morgan fingerprint density at radius 2 is 0.650 bits per heavy atom. The number of benzene rings is 4. The lowest BCUT2D eigenvalue weighted by Gasteiger charge is -2.22. The third-order valence-corrected chi connectivity index (χ3v) is 11.9. The van der Waals surface area contributed by atoms with E-state index in [-0.39, 0.29) is 0 Å². The van der Waals surface area contributed by atoms with Gasteiger partial charge in [0.25, 0.3) is 0 Å². The van der Waals surface area contributed by atoms with E-state index in [1.54, 1.807) is 0 Å². The van der Waals surface area contributed by atoms with E-state index in [9.17, 15) is 0 Å². The Morgan fingerprint density at radius 1 is 0.350 bits per heavy atom. The summed E-state index contributed by atoms with van der Waals surface area (Å²) >= 11 is 0. The van der Waals surface area contributed by atoms with Crippen molar-refractivity contribution in [2.75, 3.05) is 0 Å². The first-order valence-electron chi connectivity index (χ1n) is 13.5. The van der Waals surface area contributed by atoms with Crippen LogP contribution in [0.5, 0.6) is 0 Å². The molecule has 0 saturated heterocycles. The van der Waals surface area contributed by atoms with E-state index in [1.807, 2.05) is 12.4 Å². The summed E-state index contributed by atoms with van der Waals surface area (Å²) in [5.41, 5.74) is 4.47. The molecule has 0 bridgehead atoms. The SMILES string of the molecule is c1ccc(P(Cc2cccnc2-c2ncccc2CP(c2ccccc2)c2ccccc2)c2ccccc2)cc1. The van der Waals surface area contributed by atoms with Gasteiger partial charge >= 0.3 is 0 Å². The molecule has 0 saturated carbocycles. The van der Waals surface area contributed by atoms with Crippen molar-refractivity contribution in [1.82, 2.24) is 9.97 Å². The molecule has 2 aromatic heterocycles. The molecule has 6 aromatic rings. The predicted octanol–water partition coefficient (Wildman–Crippen LogP) is 7.41. The average molecular weight is 553 g/mol. The van der Waals surface area contributed by atoms with E-state index in [2.05, 4.69) is 146 Å². The quantitative estimate of drug-likeness (QED) is 0.175. The summed E-state index contributed by atoms with van der Waals surface area (Å²) in [7, 11) is -1.19. The van der Waals surface area contributed by atoms with E-state index in [4.69, 9.17) is 9.97 Å². The van der Waals surface area contributed by atoms with E-state index in [1.165, 1.54) is 32.3 Å². The lowest BCUT2D eigenvalue weighted by atomic mass is 10.1. The van der Waals surface area contributed by atoms with Crippen molar-refractivity contribution in [2.24, 2.45) is 0 Å². The number of nitrogens with zero attached hydrogens (tertiary/aromatic N) is 2. The molecule has 2 heterocycles. The molecule has 40 heavy (non-hydrogen) atoms. The van der Waals surface area contributed by atoms with Crippen LogP contribution in [0.3, 0.4) is 0 Å².